The van der Waals surface area contributed by atoms with E-state index in [2.05, 4.69) is 10.6 Å². The number of carboxylic acids is 1. The second kappa shape index (κ2) is 8.33. The second-order valence-electron chi connectivity index (χ2n) is 10.3. The molecular formula is C28H30N2O5. The topological polar surface area (TPSA) is 92.0 Å². The SMILES string of the molecule is O=C(O)c1ccc2c(C3CCCCC3)c3n(c2c1)C[C@]1(CCCN1C(=O)O)COc1ccccc1-3. The quantitative estimate of drug-likeness (QED) is 0.478. The van der Waals surface area contributed by atoms with E-state index >= 15 is 0 Å². The lowest BCUT2D eigenvalue weighted by molar-refractivity contribution is 0.0567. The Morgan fingerprint density at radius 3 is 2.57 bits per heavy atom. The first-order valence-corrected chi connectivity index (χ1v) is 12.6. The summed E-state index contributed by atoms with van der Waals surface area (Å²) in [5.41, 5.74) is 3.72. The predicted molar refractivity (Wildman–Crippen MR) is 132 cm³/mol. The highest BCUT2D eigenvalue weighted by Gasteiger charge is 2.47. The fourth-order valence-corrected chi connectivity index (χ4v) is 6.66. The van der Waals surface area contributed by atoms with E-state index in [4.69, 9.17) is 4.74 Å². The van der Waals surface area contributed by atoms with E-state index in [0.717, 1.165) is 47.2 Å². The third-order valence-corrected chi connectivity index (χ3v) is 8.28. The first-order chi connectivity index (χ1) is 17.0. The zero-order valence-corrected chi connectivity index (χ0v) is 19.7. The van der Waals surface area contributed by atoms with E-state index in [-0.39, 0.29) is 12.2 Å². The number of rotatable bonds is 2. The van der Waals surface area contributed by atoms with Gasteiger partial charge in [0.15, 0.2) is 0 Å². The van der Waals surface area contributed by atoms with Gasteiger partial charge in [0.2, 0.25) is 0 Å². The Morgan fingerprint density at radius 1 is 1.00 bits per heavy atom. The molecule has 3 heterocycles. The third kappa shape index (κ3) is 3.48. The Kier molecular flexibility index (Phi) is 5.24. The summed E-state index contributed by atoms with van der Waals surface area (Å²) in [4.78, 5) is 25.7. The molecule has 2 N–H and O–H groups in total. The maximum Gasteiger partial charge on any atom is 0.407 e. The Hall–Kier alpha value is -3.48. The number of carboxylic acid groups (broad SMARTS) is 2. The number of ether oxygens (including phenoxy) is 1. The van der Waals surface area contributed by atoms with E-state index in [1.807, 2.05) is 24.3 Å². The van der Waals surface area contributed by atoms with Crippen LogP contribution in [-0.4, -0.2) is 50.4 Å². The minimum Gasteiger partial charge on any atom is -0.490 e. The normalized spacial score (nSPS) is 22.3. The minimum absolute atomic E-state index is 0.246. The number of likely N-dealkylation sites (tertiary alicyclic amines) is 1. The van der Waals surface area contributed by atoms with Gasteiger partial charge in [-0.1, -0.05) is 37.5 Å². The molecule has 35 heavy (non-hydrogen) atoms. The molecule has 0 unspecified atom stereocenters. The fraction of sp³-hybridized carbons (Fsp3) is 0.429. The molecule has 2 aliphatic heterocycles. The lowest BCUT2D eigenvalue weighted by Gasteiger charge is -2.39. The summed E-state index contributed by atoms with van der Waals surface area (Å²) in [7, 11) is 0. The smallest absolute Gasteiger partial charge is 0.407 e. The standard InChI is InChI=1S/C28H30N2O5/c31-26(32)19-11-12-20-22(15-19)29-16-28(13-6-14-30(28)27(33)34)17-35-23-10-5-4-9-21(23)25(29)24(20)18-7-2-1-3-8-18/h4-5,9-12,15,18H,1-3,6-8,13-14,16-17H2,(H,31,32)(H,33,34)/t28-/m1/s1. The molecule has 7 heteroatoms. The molecule has 1 aliphatic carbocycles. The maximum absolute atomic E-state index is 12.3. The summed E-state index contributed by atoms with van der Waals surface area (Å²) in [6, 6.07) is 13.4. The first kappa shape index (κ1) is 22.0. The van der Waals surface area contributed by atoms with Crippen molar-refractivity contribution >= 4 is 23.0 Å². The van der Waals surface area contributed by atoms with E-state index in [1.165, 1.54) is 29.7 Å². The van der Waals surface area contributed by atoms with Gasteiger partial charge in [-0.3, -0.25) is 4.90 Å². The Morgan fingerprint density at radius 2 is 1.80 bits per heavy atom. The van der Waals surface area contributed by atoms with Gasteiger partial charge in [0.1, 0.15) is 12.4 Å². The van der Waals surface area contributed by atoms with Gasteiger partial charge in [0.05, 0.1) is 23.3 Å². The Labute approximate surface area is 203 Å². The minimum atomic E-state index is -0.959. The molecule has 182 valence electrons. The number of hydrogen-bond acceptors (Lipinski definition) is 3. The summed E-state index contributed by atoms with van der Waals surface area (Å²) in [6.45, 7) is 1.19. The van der Waals surface area contributed by atoms with Crippen molar-refractivity contribution in [3.05, 3.63) is 53.6 Å². The molecule has 1 atom stereocenters. The van der Waals surface area contributed by atoms with Crippen molar-refractivity contribution in [2.24, 2.45) is 0 Å². The average molecular weight is 475 g/mol. The van der Waals surface area contributed by atoms with Gasteiger partial charge in [-0.15, -0.1) is 0 Å². The van der Waals surface area contributed by atoms with Gasteiger partial charge in [-0.25, -0.2) is 9.59 Å². The molecule has 3 aliphatic rings. The molecule has 1 aromatic heterocycles. The van der Waals surface area contributed by atoms with E-state index in [0.29, 0.717) is 25.4 Å². The Bertz CT molecular complexity index is 1320. The first-order valence-electron chi connectivity index (χ1n) is 12.6. The van der Waals surface area contributed by atoms with Crippen molar-refractivity contribution in [3.8, 4) is 17.0 Å². The number of amides is 1. The number of fused-ring (bicyclic) bond motifs is 5. The molecule has 1 saturated heterocycles. The number of aromatic carboxylic acids is 1. The van der Waals surface area contributed by atoms with Crippen molar-refractivity contribution in [3.63, 3.8) is 0 Å². The third-order valence-electron chi connectivity index (χ3n) is 8.28. The van der Waals surface area contributed by atoms with Crippen LogP contribution < -0.4 is 4.74 Å². The number of hydrogen-bond donors (Lipinski definition) is 2. The Balaban J connectivity index is 1.67. The van der Waals surface area contributed by atoms with Crippen LogP contribution in [0, 0.1) is 0 Å². The van der Waals surface area contributed by atoms with Gasteiger partial charge in [0.25, 0.3) is 0 Å². The van der Waals surface area contributed by atoms with E-state index in [1.54, 1.807) is 12.1 Å². The van der Waals surface area contributed by atoms with Gasteiger partial charge in [-0.2, -0.15) is 0 Å². The van der Waals surface area contributed by atoms with Gasteiger partial charge >= 0.3 is 12.1 Å². The molecule has 1 amide bonds. The molecule has 6 rings (SSSR count). The van der Waals surface area contributed by atoms with Crippen molar-refractivity contribution in [1.29, 1.82) is 0 Å². The van der Waals surface area contributed by atoms with E-state index < -0.39 is 17.6 Å². The molecule has 3 aromatic rings. The van der Waals surface area contributed by atoms with Crippen LogP contribution in [0.4, 0.5) is 4.79 Å². The largest absolute Gasteiger partial charge is 0.490 e. The van der Waals surface area contributed by atoms with Gasteiger partial charge in [0, 0.05) is 23.0 Å². The zero-order chi connectivity index (χ0) is 24.2. The van der Waals surface area contributed by atoms with Gasteiger partial charge in [-0.05, 0) is 61.4 Å². The zero-order valence-electron chi connectivity index (χ0n) is 19.7. The van der Waals surface area contributed by atoms with Crippen LogP contribution in [0.2, 0.25) is 0 Å². The lowest BCUT2D eigenvalue weighted by Crippen LogP contribution is -2.54. The fourth-order valence-electron chi connectivity index (χ4n) is 6.66. The van der Waals surface area contributed by atoms with Crippen LogP contribution in [0.15, 0.2) is 42.5 Å². The monoisotopic (exact) mass is 474 g/mol. The maximum atomic E-state index is 12.3. The predicted octanol–water partition coefficient (Wildman–Crippen LogP) is 5.96. The summed E-state index contributed by atoms with van der Waals surface area (Å²) in [5, 5.41) is 20.9. The molecule has 2 aromatic carbocycles. The summed E-state index contributed by atoms with van der Waals surface area (Å²) in [6.07, 6.45) is 6.35. The number of carbonyl (C=O) groups is 2. The number of benzene rings is 2. The second-order valence-corrected chi connectivity index (χ2v) is 10.3. The number of nitrogens with zero attached hydrogens (tertiary/aromatic N) is 2. The highest BCUT2D eigenvalue weighted by atomic mass is 16.5. The summed E-state index contributed by atoms with van der Waals surface area (Å²) < 4.78 is 8.61. The van der Waals surface area contributed by atoms with Crippen LogP contribution in [0.5, 0.6) is 5.75 Å². The van der Waals surface area contributed by atoms with Crippen LogP contribution in [-0.2, 0) is 6.54 Å². The highest BCUT2D eigenvalue weighted by Crippen LogP contribution is 2.48. The van der Waals surface area contributed by atoms with E-state index in [9.17, 15) is 19.8 Å². The summed E-state index contributed by atoms with van der Waals surface area (Å²) in [5.74, 6) is 0.170. The lowest BCUT2D eigenvalue weighted by atomic mass is 9.81. The van der Waals surface area contributed by atoms with Gasteiger partial charge < -0.3 is 19.5 Å². The molecule has 1 saturated carbocycles. The number of para-hydroxylation sites is 1. The van der Waals surface area contributed by atoms with Crippen LogP contribution in [0.3, 0.4) is 0 Å². The van der Waals surface area contributed by atoms with Crippen molar-refractivity contribution < 1.29 is 24.5 Å². The molecule has 1 spiro atoms. The summed E-state index contributed by atoms with van der Waals surface area (Å²) >= 11 is 0. The molecule has 0 bridgehead atoms. The molecular weight excluding hydrogens is 444 g/mol. The van der Waals surface area contributed by atoms with Crippen molar-refractivity contribution in [2.75, 3.05) is 13.2 Å². The van der Waals surface area contributed by atoms with Crippen LogP contribution >= 0.6 is 0 Å². The highest BCUT2D eigenvalue weighted by molar-refractivity contribution is 5.98. The van der Waals surface area contributed by atoms with Crippen LogP contribution in [0.1, 0.15) is 66.8 Å². The van der Waals surface area contributed by atoms with Crippen molar-refractivity contribution in [1.82, 2.24) is 9.47 Å². The van der Waals surface area contributed by atoms with Crippen molar-refractivity contribution in [2.45, 2.75) is 62.9 Å². The number of aromatic nitrogens is 1. The van der Waals surface area contributed by atoms with Crippen LogP contribution in [0.25, 0.3) is 22.2 Å². The molecule has 0 radical (unpaired) electrons. The molecule has 7 nitrogen and oxygen atoms in total. The molecule has 2 fully saturated rings. The average Bonchev–Trinajstić information content (AvgIpc) is 3.42.